The number of carbonyl (C=O) groups is 1. The second kappa shape index (κ2) is 9.14. The van der Waals surface area contributed by atoms with Gasteiger partial charge in [-0.15, -0.1) is 0 Å². The van der Waals surface area contributed by atoms with E-state index < -0.39 is 0 Å². The number of carbonyl (C=O) groups excluding carboxylic acids is 1. The molecule has 29 heavy (non-hydrogen) atoms. The molecular weight excluding hydrogens is 364 g/mol. The average Bonchev–Trinajstić information content (AvgIpc) is 2.80. The number of nitrogens with zero attached hydrogens (tertiary/aromatic N) is 5. The summed E-state index contributed by atoms with van der Waals surface area (Å²) in [4.78, 5) is 29.7. The molecule has 0 bridgehead atoms. The van der Waals surface area contributed by atoms with Crippen molar-refractivity contribution in [2.75, 3.05) is 42.9 Å². The third-order valence-electron chi connectivity index (χ3n) is 4.97. The molecule has 3 aromatic rings. The minimum absolute atomic E-state index is 0.0367. The predicted molar refractivity (Wildman–Crippen MR) is 113 cm³/mol. The van der Waals surface area contributed by atoms with Gasteiger partial charge in [-0.1, -0.05) is 30.3 Å². The Kier molecular flexibility index (Phi) is 5.95. The van der Waals surface area contributed by atoms with E-state index in [0.717, 1.165) is 18.7 Å². The van der Waals surface area contributed by atoms with Crippen LogP contribution in [0.3, 0.4) is 0 Å². The van der Waals surface area contributed by atoms with Gasteiger partial charge in [-0.2, -0.15) is 0 Å². The summed E-state index contributed by atoms with van der Waals surface area (Å²) in [6, 6.07) is 15.9. The lowest BCUT2D eigenvalue weighted by molar-refractivity contribution is 0.0740. The number of anilines is 2. The normalized spacial score (nSPS) is 13.9. The smallest absolute Gasteiger partial charge is 0.272 e. The molecule has 2 aromatic heterocycles. The minimum Gasteiger partial charge on any atom is -0.385 e. The van der Waals surface area contributed by atoms with E-state index in [2.05, 4.69) is 37.3 Å². The Balaban J connectivity index is 1.31. The van der Waals surface area contributed by atoms with Crippen LogP contribution in [0.25, 0.3) is 0 Å². The van der Waals surface area contributed by atoms with Crippen molar-refractivity contribution >= 4 is 17.5 Å². The van der Waals surface area contributed by atoms with E-state index >= 15 is 0 Å². The summed E-state index contributed by atoms with van der Waals surface area (Å²) in [7, 11) is 0. The zero-order valence-electron chi connectivity index (χ0n) is 16.2. The van der Waals surface area contributed by atoms with Gasteiger partial charge in [0.2, 0.25) is 5.95 Å². The highest BCUT2D eigenvalue weighted by Crippen LogP contribution is 2.14. The van der Waals surface area contributed by atoms with Crippen LogP contribution in [-0.4, -0.2) is 58.5 Å². The fraction of sp³-hybridized carbons (Fsp3) is 0.273. The number of rotatable bonds is 6. The van der Waals surface area contributed by atoms with Crippen molar-refractivity contribution in [1.29, 1.82) is 0 Å². The number of pyridine rings is 1. The van der Waals surface area contributed by atoms with Gasteiger partial charge < -0.3 is 15.1 Å². The molecule has 0 radical (unpaired) electrons. The van der Waals surface area contributed by atoms with Crippen molar-refractivity contribution < 1.29 is 4.79 Å². The molecule has 0 unspecified atom stereocenters. The van der Waals surface area contributed by atoms with Crippen molar-refractivity contribution in [3.8, 4) is 0 Å². The summed E-state index contributed by atoms with van der Waals surface area (Å²) in [5.41, 5.74) is 2.67. The Hall–Kier alpha value is -3.48. The molecule has 4 rings (SSSR count). The van der Waals surface area contributed by atoms with Gasteiger partial charge >= 0.3 is 0 Å². The molecule has 1 N–H and O–H groups in total. The molecule has 0 aliphatic carbocycles. The number of hydrogen-bond acceptors (Lipinski definition) is 6. The largest absolute Gasteiger partial charge is 0.385 e. The van der Waals surface area contributed by atoms with Crippen LogP contribution in [-0.2, 0) is 6.42 Å². The first-order valence-corrected chi connectivity index (χ1v) is 9.85. The van der Waals surface area contributed by atoms with Gasteiger partial charge in [0.15, 0.2) is 0 Å². The fourth-order valence-corrected chi connectivity index (χ4v) is 3.38. The standard InChI is InChI=1S/C22H24N6O/c29-21(27-13-15-28(16-14-27)22-25-9-4-10-26-22)20-17-19(8-12-24-20)23-11-7-18-5-2-1-3-6-18/h1-6,8-10,12,17H,7,11,13-16H2,(H,23,24). The molecule has 1 aliphatic heterocycles. The second-order valence-corrected chi connectivity index (χ2v) is 6.92. The van der Waals surface area contributed by atoms with Gasteiger partial charge in [0.25, 0.3) is 5.91 Å². The number of piperazine rings is 1. The van der Waals surface area contributed by atoms with Crippen LogP contribution in [0, 0.1) is 0 Å². The molecule has 1 fully saturated rings. The van der Waals surface area contributed by atoms with Crippen molar-refractivity contribution in [2.24, 2.45) is 0 Å². The molecule has 3 heterocycles. The first-order valence-electron chi connectivity index (χ1n) is 9.85. The van der Waals surface area contributed by atoms with Crippen molar-refractivity contribution in [1.82, 2.24) is 19.9 Å². The molecule has 1 aliphatic rings. The molecule has 148 valence electrons. The number of aromatic nitrogens is 3. The lowest BCUT2D eigenvalue weighted by atomic mass is 10.1. The number of amides is 1. The Labute approximate surface area is 170 Å². The molecule has 7 heteroatoms. The van der Waals surface area contributed by atoms with Crippen molar-refractivity contribution in [3.63, 3.8) is 0 Å². The van der Waals surface area contributed by atoms with Gasteiger partial charge in [0.05, 0.1) is 0 Å². The van der Waals surface area contributed by atoms with E-state index in [4.69, 9.17) is 0 Å². The quantitative estimate of drug-likeness (QED) is 0.699. The number of nitrogens with one attached hydrogen (secondary N) is 1. The summed E-state index contributed by atoms with van der Waals surface area (Å²) >= 11 is 0. The van der Waals surface area contributed by atoms with E-state index in [1.165, 1.54) is 5.56 Å². The molecule has 1 saturated heterocycles. The van der Waals surface area contributed by atoms with E-state index in [1.807, 2.05) is 35.2 Å². The van der Waals surface area contributed by atoms with Gasteiger partial charge in [0, 0.05) is 57.0 Å². The maximum absolute atomic E-state index is 12.9. The molecular formula is C22H24N6O. The number of hydrogen-bond donors (Lipinski definition) is 1. The minimum atomic E-state index is -0.0367. The maximum atomic E-state index is 12.9. The first kappa shape index (κ1) is 18.9. The first-order chi connectivity index (χ1) is 14.3. The lowest BCUT2D eigenvalue weighted by Gasteiger charge is -2.34. The molecule has 1 aromatic carbocycles. The lowest BCUT2D eigenvalue weighted by Crippen LogP contribution is -2.49. The zero-order chi connectivity index (χ0) is 19.9. The molecule has 1 amide bonds. The van der Waals surface area contributed by atoms with Crippen LogP contribution in [0.4, 0.5) is 11.6 Å². The average molecular weight is 388 g/mol. The SMILES string of the molecule is O=C(c1cc(NCCc2ccccc2)ccn1)N1CCN(c2ncccn2)CC1. The topological polar surface area (TPSA) is 74.2 Å². The van der Waals surface area contributed by atoms with Gasteiger partial charge in [-0.05, 0) is 30.2 Å². The van der Waals surface area contributed by atoms with E-state index in [0.29, 0.717) is 37.8 Å². The highest BCUT2D eigenvalue weighted by molar-refractivity contribution is 5.93. The summed E-state index contributed by atoms with van der Waals surface area (Å²) in [6.07, 6.45) is 6.09. The van der Waals surface area contributed by atoms with Crippen LogP contribution < -0.4 is 10.2 Å². The van der Waals surface area contributed by atoms with E-state index in [-0.39, 0.29) is 5.91 Å². The fourth-order valence-electron chi connectivity index (χ4n) is 3.38. The van der Waals surface area contributed by atoms with Crippen LogP contribution in [0.5, 0.6) is 0 Å². The van der Waals surface area contributed by atoms with Gasteiger partial charge in [-0.3, -0.25) is 9.78 Å². The summed E-state index contributed by atoms with van der Waals surface area (Å²) in [5, 5.41) is 3.38. The molecule has 0 atom stereocenters. The monoisotopic (exact) mass is 388 g/mol. The second-order valence-electron chi connectivity index (χ2n) is 6.92. The van der Waals surface area contributed by atoms with E-state index in [9.17, 15) is 4.79 Å². The summed E-state index contributed by atoms with van der Waals surface area (Å²) in [5.74, 6) is 0.674. The van der Waals surface area contributed by atoms with Gasteiger partial charge in [-0.25, -0.2) is 9.97 Å². The Morgan fingerprint density at radius 3 is 2.41 bits per heavy atom. The number of benzene rings is 1. The predicted octanol–water partition coefficient (Wildman–Crippen LogP) is 2.49. The van der Waals surface area contributed by atoms with Crippen LogP contribution in [0.1, 0.15) is 16.1 Å². The third kappa shape index (κ3) is 4.87. The van der Waals surface area contributed by atoms with Gasteiger partial charge in [0.1, 0.15) is 5.69 Å². The van der Waals surface area contributed by atoms with E-state index in [1.54, 1.807) is 24.7 Å². The molecule has 7 nitrogen and oxygen atoms in total. The van der Waals surface area contributed by atoms with Crippen LogP contribution in [0.15, 0.2) is 67.1 Å². The molecule has 0 saturated carbocycles. The highest BCUT2D eigenvalue weighted by atomic mass is 16.2. The van der Waals surface area contributed by atoms with Crippen molar-refractivity contribution in [2.45, 2.75) is 6.42 Å². The highest BCUT2D eigenvalue weighted by Gasteiger charge is 2.24. The summed E-state index contributed by atoms with van der Waals surface area (Å²) < 4.78 is 0. The van der Waals surface area contributed by atoms with Crippen LogP contribution >= 0.6 is 0 Å². The zero-order valence-corrected chi connectivity index (χ0v) is 16.2. The Morgan fingerprint density at radius 2 is 1.66 bits per heavy atom. The Bertz CT molecular complexity index is 926. The Morgan fingerprint density at radius 1 is 0.897 bits per heavy atom. The van der Waals surface area contributed by atoms with Crippen LogP contribution in [0.2, 0.25) is 0 Å². The van der Waals surface area contributed by atoms with Crippen molar-refractivity contribution in [3.05, 3.63) is 78.4 Å². The third-order valence-corrected chi connectivity index (χ3v) is 4.97. The summed E-state index contributed by atoms with van der Waals surface area (Å²) in [6.45, 7) is 3.49. The molecule has 0 spiro atoms. The maximum Gasteiger partial charge on any atom is 0.272 e.